The molecule has 1 heterocycles. The second kappa shape index (κ2) is 8.24. The van der Waals surface area contributed by atoms with Crippen LogP contribution in [0.25, 0.3) is 0 Å². The number of nitrogens with one attached hydrogen (secondary N) is 2. The van der Waals surface area contributed by atoms with E-state index in [-0.39, 0.29) is 22.3 Å². The van der Waals surface area contributed by atoms with Gasteiger partial charge in [-0.25, -0.2) is 8.42 Å². The zero-order valence-electron chi connectivity index (χ0n) is 14.6. The van der Waals surface area contributed by atoms with E-state index < -0.39 is 15.9 Å². The summed E-state index contributed by atoms with van der Waals surface area (Å²) >= 11 is 1.11. The zero-order chi connectivity index (χ0) is 20.1. The first-order chi connectivity index (χ1) is 13.3. The molecule has 0 radical (unpaired) electrons. The standard InChI is InChI=1S/C19H17N3O4S2/c20-18(23)14-5-1-4-13(10-14)12-21-19(24)15-6-2-7-16(11-15)22-28(25,26)17-8-3-9-27-17/h1-11,22H,12H2,(H2,20,23)(H,21,24). The van der Waals surface area contributed by atoms with Crippen LogP contribution in [0.1, 0.15) is 26.3 Å². The molecule has 2 amide bonds. The van der Waals surface area contributed by atoms with Crippen molar-refractivity contribution in [3.8, 4) is 0 Å². The molecule has 7 nitrogen and oxygen atoms in total. The number of anilines is 1. The van der Waals surface area contributed by atoms with E-state index in [1.165, 1.54) is 12.1 Å². The summed E-state index contributed by atoms with van der Waals surface area (Å²) in [6, 6.07) is 16.0. The average molecular weight is 415 g/mol. The van der Waals surface area contributed by atoms with Gasteiger partial charge in [-0.15, -0.1) is 11.3 Å². The molecular weight excluding hydrogens is 398 g/mol. The smallest absolute Gasteiger partial charge is 0.271 e. The van der Waals surface area contributed by atoms with Gasteiger partial charge in [0.2, 0.25) is 5.91 Å². The number of thiophene rings is 1. The van der Waals surface area contributed by atoms with Crippen LogP contribution in [-0.4, -0.2) is 20.2 Å². The largest absolute Gasteiger partial charge is 0.366 e. The zero-order valence-corrected chi connectivity index (χ0v) is 16.2. The molecule has 9 heteroatoms. The lowest BCUT2D eigenvalue weighted by molar-refractivity contribution is 0.0950. The van der Waals surface area contributed by atoms with Gasteiger partial charge >= 0.3 is 0 Å². The summed E-state index contributed by atoms with van der Waals surface area (Å²) in [5.74, 6) is -0.916. The van der Waals surface area contributed by atoms with Crippen molar-refractivity contribution in [1.82, 2.24) is 5.32 Å². The number of amides is 2. The third-order valence-corrected chi connectivity index (χ3v) is 6.58. The molecule has 1 aromatic heterocycles. The molecule has 2 aromatic carbocycles. The van der Waals surface area contributed by atoms with Crippen molar-refractivity contribution in [1.29, 1.82) is 0 Å². The van der Waals surface area contributed by atoms with Gasteiger partial charge in [0.05, 0.1) is 0 Å². The Kier molecular flexibility index (Phi) is 5.76. The molecule has 0 spiro atoms. The molecule has 0 aliphatic carbocycles. The van der Waals surface area contributed by atoms with E-state index in [9.17, 15) is 18.0 Å². The van der Waals surface area contributed by atoms with Crippen molar-refractivity contribution in [2.75, 3.05) is 4.72 Å². The van der Waals surface area contributed by atoms with E-state index >= 15 is 0 Å². The normalized spacial score (nSPS) is 11.0. The fourth-order valence-electron chi connectivity index (χ4n) is 2.46. The Balaban J connectivity index is 1.69. The SMILES string of the molecule is NC(=O)c1cccc(CNC(=O)c2cccc(NS(=O)(=O)c3cccs3)c2)c1. The van der Waals surface area contributed by atoms with E-state index in [1.807, 2.05) is 0 Å². The van der Waals surface area contributed by atoms with E-state index in [0.717, 1.165) is 16.9 Å². The van der Waals surface area contributed by atoms with Crippen LogP contribution in [0.5, 0.6) is 0 Å². The second-order valence-electron chi connectivity index (χ2n) is 5.87. The minimum atomic E-state index is -3.69. The maximum absolute atomic E-state index is 12.4. The van der Waals surface area contributed by atoms with Crippen LogP contribution in [0.4, 0.5) is 5.69 Å². The first kappa shape index (κ1) is 19.6. The number of hydrogen-bond donors (Lipinski definition) is 3. The minimum absolute atomic E-state index is 0.191. The second-order valence-corrected chi connectivity index (χ2v) is 8.72. The van der Waals surface area contributed by atoms with Crippen molar-refractivity contribution in [3.63, 3.8) is 0 Å². The van der Waals surface area contributed by atoms with Crippen molar-refractivity contribution in [3.05, 3.63) is 82.7 Å². The number of carbonyl (C=O) groups is 2. The van der Waals surface area contributed by atoms with Crippen LogP contribution in [0, 0.1) is 0 Å². The highest BCUT2D eigenvalue weighted by atomic mass is 32.2. The number of hydrogen-bond acceptors (Lipinski definition) is 5. The molecule has 0 saturated heterocycles. The third kappa shape index (κ3) is 4.76. The summed E-state index contributed by atoms with van der Waals surface area (Å²) in [7, 11) is -3.69. The predicted octanol–water partition coefficient (Wildman–Crippen LogP) is 2.58. The molecule has 0 fully saturated rings. The van der Waals surface area contributed by atoms with Gasteiger partial charge in [-0.3, -0.25) is 14.3 Å². The Morgan fingerprint density at radius 2 is 1.71 bits per heavy atom. The summed E-state index contributed by atoms with van der Waals surface area (Å²) < 4.78 is 27.3. The molecule has 0 unspecified atom stereocenters. The third-order valence-electron chi connectivity index (χ3n) is 3.80. The lowest BCUT2D eigenvalue weighted by atomic mass is 10.1. The van der Waals surface area contributed by atoms with Gasteiger partial charge in [-0.1, -0.05) is 24.3 Å². The summed E-state index contributed by atoms with van der Waals surface area (Å²) in [4.78, 5) is 23.6. The monoisotopic (exact) mass is 415 g/mol. The average Bonchev–Trinajstić information content (AvgIpc) is 3.22. The quantitative estimate of drug-likeness (QED) is 0.549. The van der Waals surface area contributed by atoms with Gasteiger partial charge in [0.1, 0.15) is 4.21 Å². The highest BCUT2D eigenvalue weighted by Gasteiger charge is 2.16. The molecular formula is C19H17N3O4S2. The van der Waals surface area contributed by atoms with Crippen molar-refractivity contribution in [2.45, 2.75) is 10.8 Å². The molecule has 3 aromatic rings. The van der Waals surface area contributed by atoms with Gasteiger partial charge in [-0.2, -0.15) is 0 Å². The summed E-state index contributed by atoms with van der Waals surface area (Å²) in [5.41, 5.74) is 6.92. The number of nitrogens with two attached hydrogens (primary N) is 1. The van der Waals surface area contributed by atoms with Crippen molar-refractivity contribution in [2.24, 2.45) is 5.73 Å². The van der Waals surface area contributed by atoms with Gasteiger partial charge in [0.25, 0.3) is 15.9 Å². The number of primary amides is 1. The summed E-state index contributed by atoms with van der Waals surface area (Å²) in [6.45, 7) is 0.200. The fraction of sp³-hybridized carbons (Fsp3) is 0.0526. The topological polar surface area (TPSA) is 118 Å². The predicted molar refractivity (Wildman–Crippen MR) is 108 cm³/mol. The molecule has 0 saturated carbocycles. The molecule has 0 bridgehead atoms. The number of sulfonamides is 1. The van der Waals surface area contributed by atoms with Gasteiger partial charge in [0.15, 0.2) is 0 Å². The van der Waals surface area contributed by atoms with Gasteiger partial charge in [0, 0.05) is 23.4 Å². The molecule has 4 N–H and O–H groups in total. The minimum Gasteiger partial charge on any atom is -0.366 e. The Morgan fingerprint density at radius 3 is 2.43 bits per heavy atom. The maximum Gasteiger partial charge on any atom is 0.271 e. The highest BCUT2D eigenvalue weighted by Crippen LogP contribution is 2.20. The highest BCUT2D eigenvalue weighted by molar-refractivity contribution is 7.94. The van der Waals surface area contributed by atoms with Crippen LogP contribution in [-0.2, 0) is 16.6 Å². The molecule has 3 rings (SSSR count). The lowest BCUT2D eigenvalue weighted by Gasteiger charge is -2.09. The fourth-order valence-corrected chi connectivity index (χ4v) is 4.51. The van der Waals surface area contributed by atoms with Crippen LogP contribution in [0.15, 0.2) is 70.3 Å². The molecule has 0 aliphatic heterocycles. The number of carbonyl (C=O) groups excluding carboxylic acids is 2. The first-order valence-corrected chi connectivity index (χ1v) is 10.5. The summed E-state index contributed by atoms with van der Waals surface area (Å²) in [6.07, 6.45) is 0. The Hall–Kier alpha value is -3.17. The van der Waals surface area contributed by atoms with Crippen molar-refractivity contribution < 1.29 is 18.0 Å². The van der Waals surface area contributed by atoms with Gasteiger partial charge < -0.3 is 11.1 Å². The van der Waals surface area contributed by atoms with Crippen molar-refractivity contribution >= 4 is 38.9 Å². The Labute approximate surface area is 166 Å². The maximum atomic E-state index is 12.4. The van der Waals surface area contributed by atoms with Crippen LogP contribution >= 0.6 is 11.3 Å². The lowest BCUT2D eigenvalue weighted by Crippen LogP contribution is -2.23. The summed E-state index contributed by atoms with van der Waals surface area (Å²) in [5, 5.41) is 4.41. The van der Waals surface area contributed by atoms with E-state index in [1.54, 1.807) is 53.9 Å². The number of rotatable bonds is 7. The molecule has 28 heavy (non-hydrogen) atoms. The van der Waals surface area contributed by atoms with E-state index in [2.05, 4.69) is 10.0 Å². The molecule has 0 aliphatic rings. The van der Waals surface area contributed by atoms with E-state index in [4.69, 9.17) is 5.73 Å². The number of benzene rings is 2. The Morgan fingerprint density at radius 1 is 0.964 bits per heavy atom. The van der Waals surface area contributed by atoms with E-state index in [0.29, 0.717) is 11.1 Å². The van der Waals surface area contributed by atoms with Crippen LogP contribution in [0.3, 0.4) is 0 Å². The molecule has 0 atom stereocenters. The first-order valence-electron chi connectivity index (χ1n) is 8.18. The van der Waals surface area contributed by atoms with Gasteiger partial charge in [-0.05, 0) is 47.3 Å². The van der Waals surface area contributed by atoms with Crippen LogP contribution in [0.2, 0.25) is 0 Å². The van der Waals surface area contributed by atoms with Crippen LogP contribution < -0.4 is 15.8 Å². The Bertz CT molecular complexity index is 1110. The molecule has 144 valence electrons.